The molecule has 1 atom stereocenters. The van der Waals surface area contributed by atoms with E-state index in [9.17, 15) is 13.2 Å². The van der Waals surface area contributed by atoms with Gasteiger partial charge in [0, 0.05) is 30.3 Å². The molecule has 0 spiro atoms. The second-order valence-corrected chi connectivity index (χ2v) is 5.85. The lowest BCUT2D eigenvalue weighted by Gasteiger charge is -2.12. The first kappa shape index (κ1) is 14.4. The highest BCUT2D eigenvalue weighted by molar-refractivity contribution is 7.90. The van der Waals surface area contributed by atoms with E-state index in [0.29, 0.717) is 10.8 Å². The van der Waals surface area contributed by atoms with E-state index in [2.05, 4.69) is 4.98 Å². The lowest BCUT2D eigenvalue weighted by molar-refractivity contribution is -0.128. The molecule has 7 heteroatoms. The molecule has 0 saturated carbocycles. The zero-order valence-corrected chi connectivity index (χ0v) is 11.8. The van der Waals surface area contributed by atoms with Crippen molar-refractivity contribution in [3.63, 3.8) is 0 Å². The third-order valence-corrected chi connectivity index (χ3v) is 4.29. The zero-order chi connectivity index (χ0) is 14.8. The standard InChI is InChI=1S/C13H14N2O4S/c1-9(19-2)13(16)15-20(17,18)12-5-3-4-10-8-14-7-6-11(10)12/h3-9H,1-2H3,(H,15,16)/t9-/m1/s1. The summed E-state index contributed by atoms with van der Waals surface area (Å²) in [4.78, 5) is 15.6. The lowest BCUT2D eigenvalue weighted by atomic mass is 10.2. The van der Waals surface area contributed by atoms with E-state index in [1.807, 2.05) is 4.72 Å². The lowest BCUT2D eigenvalue weighted by Crippen LogP contribution is -2.38. The van der Waals surface area contributed by atoms with Crippen LogP contribution in [0.2, 0.25) is 0 Å². The minimum atomic E-state index is -3.95. The van der Waals surface area contributed by atoms with Gasteiger partial charge in [-0.1, -0.05) is 12.1 Å². The van der Waals surface area contributed by atoms with E-state index in [-0.39, 0.29) is 4.90 Å². The van der Waals surface area contributed by atoms with E-state index in [1.165, 1.54) is 26.3 Å². The number of pyridine rings is 1. The fraction of sp³-hybridized carbons (Fsp3) is 0.231. The monoisotopic (exact) mass is 294 g/mol. The van der Waals surface area contributed by atoms with Crippen molar-refractivity contribution >= 4 is 26.7 Å². The van der Waals surface area contributed by atoms with Gasteiger partial charge in [-0.05, 0) is 19.1 Å². The summed E-state index contributed by atoms with van der Waals surface area (Å²) in [5.74, 6) is -0.710. The highest BCUT2D eigenvalue weighted by atomic mass is 32.2. The number of nitrogens with one attached hydrogen (secondary N) is 1. The molecule has 0 bridgehead atoms. The molecular formula is C13H14N2O4S. The number of benzene rings is 1. The summed E-state index contributed by atoms with van der Waals surface area (Å²) in [6.07, 6.45) is 2.22. The average molecular weight is 294 g/mol. The van der Waals surface area contributed by atoms with Crippen LogP contribution in [0.5, 0.6) is 0 Å². The Morgan fingerprint density at radius 2 is 2.10 bits per heavy atom. The fourth-order valence-electron chi connectivity index (χ4n) is 1.70. The predicted molar refractivity (Wildman–Crippen MR) is 73.5 cm³/mol. The van der Waals surface area contributed by atoms with Crippen LogP contribution in [0.3, 0.4) is 0 Å². The molecule has 1 heterocycles. The molecule has 0 unspecified atom stereocenters. The quantitative estimate of drug-likeness (QED) is 0.911. The van der Waals surface area contributed by atoms with Gasteiger partial charge in [-0.2, -0.15) is 0 Å². The first-order chi connectivity index (χ1) is 9.45. The highest BCUT2D eigenvalue weighted by Crippen LogP contribution is 2.21. The van der Waals surface area contributed by atoms with Crippen LogP contribution in [0.25, 0.3) is 10.8 Å². The van der Waals surface area contributed by atoms with Crippen LogP contribution in [0.1, 0.15) is 6.92 Å². The Kier molecular flexibility index (Phi) is 4.01. The molecule has 2 aromatic rings. The van der Waals surface area contributed by atoms with Crippen LogP contribution < -0.4 is 4.72 Å². The summed E-state index contributed by atoms with van der Waals surface area (Å²) < 4.78 is 31.3. The van der Waals surface area contributed by atoms with E-state index < -0.39 is 22.0 Å². The van der Waals surface area contributed by atoms with Crippen LogP contribution in [0.4, 0.5) is 0 Å². The second-order valence-electron chi connectivity index (χ2n) is 4.20. The van der Waals surface area contributed by atoms with E-state index in [1.54, 1.807) is 24.4 Å². The number of sulfonamides is 1. The Bertz CT molecular complexity index is 738. The van der Waals surface area contributed by atoms with Gasteiger partial charge in [0.05, 0.1) is 4.90 Å². The highest BCUT2D eigenvalue weighted by Gasteiger charge is 2.23. The molecule has 0 fully saturated rings. The van der Waals surface area contributed by atoms with E-state index >= 15 is 0 Å². The van der Waals surface area contributed by atoms with Gasteiger partial charge in [0.2, 0.25) is 0 Å². The van der Waals surface area contributed by atoms with E-state index in [0.717, 1.165) is 0 Å². The van der Waals surface area contributed by atoms with Gasteiger partial charge in [-0.3, -0.25) is 9.78 Å². The number of rotatable bonds is 4. The number of hydrogen-bond donors (Lipinski definition) is 1. The molecule has 0 aliphatic carbocycles. The molecule has 1 N–H and O–H groups in total. The minimum Gasteiger partial charge on any atom is -0.372 e. The van der Waals surface area contributed by atoms with Crippen molar-refractivity contribution in [3.05, 3.63) is 36.7 Å². The van der Waals surface area contributed by atoms with Gasteiger partial charge in [-0.25, -0.2) is 13.1 Å². The Morgan fingerprint density at radius 1 is 1.35 bits per heavy atom. The Hall–Kier alpha value is -1.99. The van der Waals surface area contributed by atoms with Crippen molar-refractivity contribution < 1.29 is 17.9 Å². The summed E-state index contributed by atoms with van der Waals surface area (Å²) in [5, 5.41) is 1.19. The van der Waals surface area contributed by atoms with Crippen molar-refractivity contribution in [1.29, 1.82) is 0 Å². The molecular weight excluding hydrogens is 280 g/mol. The molecule has 0 radical (unpaired) electrons. The van der Waals surface area contributed by atoms with Crippen LogP contribution >= 0.6 is 0 Å². The number of ether oxygens (including phenoxy) is 1. The topological polar surface area (TPSA) is 85.4 Å². The summed E-state index contributed by atoms with van der Waals surface area (Å²) in [6.45, 7) is 1.47. The van der Waals surface area contributed by atoms with Crippen LogP contribution in [-0.4, -0.2) is 32.5 Å². The van der Waals surface area contributed by atoms with Crippen molar-refractivity contribution in [2.24, 2.45) is 0 Å². The van der Waals surface area contributed by atoms with Crippen molar-refractivity contribution in [2.75, 3.05) is 7.11 Å². The number of aromatic nitrogens is 1. The third-order valence-electron chi connectivity index (χ3n) is 2.89. The Morgan fingerprint density at radius 3 is 2.80 bits per heavy atom. The fourth-order valence-corrected chi connectivity index (χ4v) is 2.98. The van der Waals surface area contributed by atoms with Crippen LogP contribution in [-0.2, 0) is 19.6 Å². The largest absolute Gasteiger partial charge is 0.372 e. The molecule has 1 aromatic carbocycles. The number of carbonyl (C=O) groups is 1. The van der Waals surface area contributed by atoms with Gasteiger partial charge >= 0.3 is 0 Å². The van der Waals surface area contributed by atoms with Gasteiger partial charge in [0.1, 0.15) is 6.10 Å². The number of amides is 1. The maximum absolute atomic E-state index is 12.3. The maximum Gasteiger partial charge on any atom is 0.264 e. The Balaban J connectivity index is 2.45. The van der Waals surface area contributed by atoms with Crippen molar-refractivity contribution in [1.82, 2.24) is 9.71 Å². The van der Waals surface area contributed by atoms with Crippen LogP contribution in [0.15, 0.2) is 41.6 Å². The van der Waals surface area contributed by atoms with Gasteiger partial charge in [-0.15, -0.1) is 0 Å². The normalized spacial score (nSPS) is 13.1. The molecule has 0 aliphatic heterocycles. The molecule has 6 nitrogen and oxygen atoms in total. The first-order valence-electron chi connectivity index (χ1n) is 5.88. The summed E-state index contributed by atoms with van der Waals surface area (Å²) in [6, 6.07) is 6.38. The smallest absolute Gasteiger partial charge is 0.264 e. The molecule has 106 valence electrons. The van der Waals surface area contributed by atoms with Crippen LogP contribution in [0, 0.1) is 0 Å². The van der Waals surface area contributed by atoms with Gasteiger partial charge in [0.25, 0.3) is 15.9 Å². The van der Waals surface area contributed by atoms with Gasteiger partial charge < -0.3 is 4.74 Å². The summed E-state index contributed by atoms with van der Waals surface area (Å²) >= 11 is 0. The number of carbonyl (C=O) groups excluding carboxylic acids is 1. The molecule has 2 rings (SSSR count). The number of methoxy groups -OCH3 is 1. The molecule has 1 amide bonds. The number of hydrogen-bond acceptors (Lipinski definition) is 5. The second kappa shape index (κ2) is 5.56. The Labute approximate surface area is 116 Å². The number of fused-ring (bicyclic) bond motifs is 1. The summed E-state index contributed by atoms with van der Waals surface area (Å²) in [7, 11) is -2.61. The van der Waals surface area contributed by atoms with Crippen molar-refractivity contribution in [3.8, 4) is 0 Å². The molecule has 0 saturated heterocycles. The molecule has 1 aromatic heterocycles. The first-order valence-corrected chi connectivity index (χ1v) is 7.36. The maximum atomic E-state index is 12.3. The SMILES string of the molecule is CO[C@H](C)C(=O)NS(=O)(=O)c1cccc2cnccc12. The third kappa shape index (κ3) is 2.78. The predicted octanol–water partition coefficient (Wildman–Crippen LogP) is 1.07. The zero-order valence-electron chi connectivity index (χ0n) is 11.0. The average Bonchev–Trinajstić information content (AvgIpc) is 2.45. The number of nitrogens with zero attached hydrogens (tertiary/aromatic N) is 1. The van der Waals surface area contributed by atoms with Gasteiger partial charge in [0.15, 0.2) is 0 Å². The minimum absolute atomic E-state index is 0.0362. The molecule has 20 heavy (non-hydrogen) atoms. The summed E-state index contributed by atoms with van der Waals surface area (Å²) in [5.41, 5.74) is 0. The molecule has 0 aliphatic rings. The van der Waals surface area contributed by atoms with Crippen molar-refractivity contribution in [2.45, 2.75) is 17.9 Å². The van der Waals surface area contributed by atoms with E-state index in [4.69, 9.17) is 4.74 Å².